The highest BCUT2D eigenvalue weighted by Gasteiger charge is 2.09. The summed E-state index contributed by atoms with van der Waals surface area (Å²) in [7, 11) is 0. The van der Waals surface area contributed by atoms with Crippen LogP contribution in [0.1, 0.15) is 18.5 Å². The predicted octanol–water partition coefficient (Wildman–Crippen LogP) is 4.26. The monoisotopic (exact) mass is 291 g/mol. The first kappa shape index (κ1) is 12.1. The van der Waals surface area contributed by atoms with Gasteiger partial charge in [0.1, 0.15) is 11.5 Å². The molecule has 17 heavy (non-hydrogen) atoms. The van der Waals surface area contributed by atoms with Crippen LogP contribution in [-0.2, 0) is 0 Å². The first-order chi connectivity index (χ1) is 8.18. The fourth-order valence-electron chi connectivity index (χ4n) is 1.60. The zero-order valence-electron chi connectivity index (χ0n) is 9.56. The first-order valence-electron chi connectivity index (χ1n) is 5.45. The van der Waals surface area contributed by atoms with E-state index in [2.05, 4.69) is 15.9 Å². The molecule has 0 aliphatic rings. The van der Waals surface area contributed by atoms with Gasteiger partial charge in [0.15, 0.2) is 0 Å². The third-order valence-corrected chi connectivity index (χ3v) is 3.12. The molecule has 88 valence electrons. The SMILES string of the molecule is C[C@H](N)c1ccccc1Oc1ccccc1Br. The van der Waals surface area contributed by atoms with Crippen molar-refractivity contribution >= 4 is 15.9 Å². The number of ether oxygens (including phenoxy) is 1. The summed E-state index contributed by atoms with van der Waals surface area (Å²) in [5, 5.41) is 0. The molecule has 0 unspecified atom stereocenters. The molecule has 0 fully saturated rings. The van der Waals surface area contributed by atoms with Gasteiger partial charge in [0.05, 0.1) is 4.47 Å². The quantitative estimate of drug-likeness (QED) is 0.917. The molecule has 2 aromatic rings. The average molecular weight is 292 g/mol. The number of benzene rings is 2. The van der Waals surface area contributed by atoms with E-state index in [1.54, 1.807) is 0 Å². The van der Waals surface area contributed by atoms with Crippen LogP contribution in [0.3, 0.4) is 0 Å². The van der Waals surface area contributed by atoms with Gasteiger partial charge in [-0.3, -0.25) is 0 Å². The number of nitrogens with two attached hydrogens (primary N) is 1. The molecule has 0 saturated carbocycles. The molecule has 0 amide bonds. The second-order valence-electron chi connectivity index (χ2n) is 3.86. The Morgan fingerprint density at radius 2 is 1.59 bits per heavy atom. The standard InChI is InChI=1S/C14H14BrNO/c1-10(16)11-6-2-4-8-13(11)17-14-9-5-3-7-12(14)15/h2-10H,16H2,1H3/t10-/m0/s1. The second-order valence-corrected chi connectivity index (χ2v) is 4.71. The number of halogens is 1. The maximum Gasteiger partial charge on any atom is 0.141 e. The summed E-state index contributed by atoms with van der Waals surface area (Å²) in [6.07, 6.45) is 0. The lowest BCUT2D eigenvalue weighted by Crippen LogP contribution is -2.06. The Balaban J connectivity index is 2.34. The summed E-state index contributed by atoms with van der Waals surface area (Å²) in [5.74, 6) is 1.59. The normalized spacial score (nSPS) is 12.2. The van der Waals surface area contributed by atoms with Gasteiger partial charge in [-0.1, -0.05) is 30.3 Å². The minimum Gasteiger partial charge on any atom is -0.456 e. The van der Waals surface area contributed by atoms with Crippen LogP contribution in [0.4, 0.5) is 0 Å². The van der Waals surface area contributed by atoms with E-state index in [1.807, 2.05) is 55.5 Å². The Morgan fingerprint density at radius 1 is 1.00 bits per heavy atom. The van der Waals surface area contributed by atoms with Gasteiger partial charge in [-0.15, -0.1) is 0 Å². The molecule has 2 rings (SSSR count). The Bertz CT molecular complexity index is 511. The van der Waals surface area contributed by atoms with Gasteiger partial charge in [-0.25, -0.2) is 0 Å². The molecule has 0 spiro atoms. The fraction of sp³-hybridized carbons (Fsp3) is 0.143. The van der Waals surface area contributed by atoms with Crippen molar-refractivity contribution in [2.45, 2.75) is 13.0 Å². The van der Waals surface area contributed by atoms with E-state index in [1.165, 1.54) is 0 Å². The lowest BCUT2D eigenvalue weighted by Gasteiger charge is -2.14. The fourth-order valence-corrected chi connectivity index (χ4v) is 1.96. The van der Waals surface area contributed by atoms with Gasteiger partial charge in [0.25, 0.3) is 0 Å². The molecule has 2 N–H and O–H groups in total. The van der Waals surface area contributed by atoms with E-state index in [-0.39, 0.29) is 6.04 Å². The number of para-hydroxylation sites is 2. The summed E-state index contributed by atoms with van der Waals surface area (Å²) >= 11 is 3.46. The van der Waals surface area contributed by atoms with Crippen LogP contribution in [0.5, 0.6) is 11.5 Å². The van der Waals surface area contributed by atoms with E-state index in [0.29, 0.717) is 0 Å². The van der Waals surface area contributed by atoms with Crippen LogP contribution in [0, 0.1) is 0 Å². The summed E-state index contributed by atoms with van der Waals surface area (Å²) in [6.45, 7) is 1.95. The Morgan fingerprint density at radius 3 is 2.24 bits per heavy atom. The van der Waals surface area contributed by atoms with Gasteiger partial charge in [-0.2, -0.15) is 0 Å². The second kappa shape index (κ2) is 5.34. The molecule has 2 nitrogen and oxygen atoms in total. The number of hydrogen-bond acceptors (Lipinski definition) is 2. The smallest absolute Gasteiger partial charge is 0.141 e. The lowest BCUT2D eigenvalue weighted by molar-refractivity contribution is 0.469. The maximum absolute atomic E-state index is 5.91. The highest BCUT2D eigenvalue weighted by molar-refractivity contribution is 9.10. The summed E-state index contributed by atoms with van der Waals surface area (Å²) in [4.78, 5) is 0. The number of rotatable bonds is 3. The van der Waals surface area contributed by atoms with Crippen molar-refractivity contribution in [3.05, 3.63) is 58.6 Å². The molecule has 0 radical (unpaired) electrons. The molecule has 0 aromatic heterocycles. The molecule has 1 atom stereocenters. The third-order valence-electron chi connectivity index (χ3n) is 2.47. The van der Waals surface area contributed by atoms with Crippen LogP contribution in [-0.4, -0.2) is 0 Å². The van der Waals surface area contributed by atoms with Crippen LogP contribution in [0.25, 0.3) is 0 Å². The van der Waals surface area contributed by atoms with Gasteiger partial charge in [0.2, 0.25) is 0 Å². The molecular formula is C14H14BrNO. The van der Waals surface area contributed by atoms with Crippen LogP contribution in [0.2, 0.25) is 0 Å². The van der Waals surface area contributed by atoms with E-state index < -0.39 is 0 Å². The molecule has 0 bridgehead atoms. The Kier molecular flexibility index (Phi) is 3.82. The summed E-state index contributed by atoms with van der Waals surface area (Å²) in [5.41, 5.74) is 6.92. The van der Waals surface area contributed by atoms with Crippen molar-refractivity contribution in [2.24, 2.45) is 5.73 Å². The van der Waals surface area contributed by atoms with Crippen LogP contribution >= 0.6 is 15.9 Å². The minimum absolute atomic E-state index is 0.0475. The van der Waals surface area contributed by atoms with E-state index in [4.69, 9.17) is 10.5 Å². The van der Waals surface area contributed by atoms with Gasteiger partial charge < -0.3 is 10.5 Å². The molecular weight excluding hydrogens is 278 g/mol. The van der Waals surface area contributed by atoms with E-state index >= 15 is 0 Å². The zero-order chi connectivity index (χ0) is 12.3. The highest BCUT2D eigenvalue weighted by Crippen LogP contribution is 2.32. The summed E-state index contributed by atoms with van der Waals surface area (Å²) in [6, 6.07) is 15.5. The van der Waals surface area contributed by atoms with Gasteiger partial charge in [0, 0.05) is 11.6 Å². The summed E-state index contributed by atoms with van der Waals surface area (Å²) < 4.78 is 6.80. The zero-order valence-corrected chi connectivity index (χ0v) is 11.1. The molecule has 0 aliphatic carbocycles. The average Bonchev–Trinajstić information content (AvgIpc) is 2.32. The van der Waals surface area contributed by atoms with Crippen molar-refractivity contribution in [3.63, 3.8) is 0 Å². The van der Waals surface area contributed by atoms with Crippen molar-refractivity contribution in [2.75, 3.05) is 0 Å². The van der Waals surface area contributed by atoms with E-state index in [9.17, 15) is 0 Å². The van der Waals surface area contributed by atoms with Crippen LogP contribution < -0.4 is 10.5 Å². The van der Waals surface area contributed by atoms with Gasteiger partial charge >= 0.3 is 0 Å². The van der Waals surface area contributed by atoms with Gasteiger partial charge in [-0.05, 0) is 41.1 Å². The topological polar surface area (TPSA) is 35.2 Å². The van der Waals surface area contributed by atoms with Crippen molar-refractivity contribution < 1.29 is 4.74 Å². The van der Waals surface area contributed by atoms with Crippen molar-refractivity contribution in [3.8, 4) is 11.5 Å². The van der Waals surface area contributed by atoms with Crippen molar-refractivity contribution in [1.82, 2.24) is 0 Å². The highest BCUT2D eigenvalue weighted by atomic mass is 79.9. The van der Waals surface area contributed by atoms with Crippen molar-refractivity contribution in [1.29, 1.82) is 0 Å². The predicted molar refractivity (Wildman–Crippen MR) is 73.3 cm³/mol. The Hall–Kier alpha value is -1.32. The number of hydrogen-bond donors (Lipinski definition) is 1. The van der Waals surface area contributed by atoms with Crippen LogP contribution in [0.15, 0.2) is 53.0 Å². The van der Waals surface area contributed by atoms with E-state index in [0.717, 1.165) is 21.5 Å². The molecule has 2 aromatic carbocycles. The largest absolute Gasteiger partial charge is 0.456 e. The molecule has 0 saturated heterocycles. The first-order valence-corrected chi connectivity index (χ1v) is 6.24. The molecule has 0 heterocycles. The maximum atomic E-state index is 5.91. The minimum atomic E-state index is -0.0475. The molecule has 3 heteroatoms. The lowest BCUT2D eigenvalue weighted by atomic mass is 10.1. The third kappa shape index (κ3) is 2.87. The molecule has 0 aliphatic heterocycles. The Labute approximate surface area is 110 Å².